The van der Waals surface area contributed by atoms with Gasteiger partial charge in [-0.1, -0.05) is 12.1 Å². The topological polar surface area (TPSA) is 76.5 Å². The molecule has 0 atom stereocenters. The van der Waals surface area contributed by atoms with Gasteiger partial charge in [0.1, 0.15) is 11.4 Å². The summed E-state index contributed by atoms with van der Waals surface area (Å²) in [6.45, 7) is 1.81. The molecule has 0 spiro atoms. The summed E-state index contributed by atoms with van der Waals surface area (Å²) < 4.78 is 43.2. The van der Waals surface area contributed by atoms with Crippen LogP contribution in [-0.4, -0.2) is 28.4 Å². The van der Waals surface area contributed by atoms with Crippen LogP contribution in [0.3, 0.4) is 0 Å². The molecule has 0 aliphatic carbocycles. The zero-order chi connectivity index (χ0) is 19.3. The number of carbonyl (C=O) groups excluding carboxylic acids is 2. The number of ether oxygens (including phenoxy) is 1. The van der Waals surface area contributed by atoms with Crippen LogP contribution in [0.15, 0.2) is 36.4 Å². The van der Waals surface area contributed by atoms with Crippen LogP contribution in [0.5, 0.6) is 5.75 Å². The van der Waals surface area contributed by atoms with Gasteiger partial charge in [-0.25, -0.2) is 4.98 Å². The van der Waals surface area contributed by atoms with Gasteiger partial charge in [0.2, 0.25) is 0 Å². The first-order valence-electron chi connectivity index (χ1n) is 7.79. The Bertz CT molecular complexity index is 818. The molecule has 0 saturated heterocycles. The Morgan fingerprint density at radius 3 is 2.54 bits per heavy atom. The van der Waals surface area contributed by atoms with Crippen molar-refractivity contribution in [2.45, 2.75) is 25.9 Å². The number of alkyl halides is 3. The molecule has 0 bridgehead atoms. The Morgan fingerprint density at radius 1 is 1.15 bits per heavy atom. The molecule has 2 aromatic rings. The van der Waals surface area contributed by atoms with Crippen molar-refractivity contribution in [2.75, 3.05) is 6.61 Å². The predicted molar refractivity (Wildman–Crippen MR) is 86.5 cm³/mol. The summed E-state index contributed by atoms with van der Waals surface area (Å²) in [7, 11) is 0. The minimum atomic E-state index is -4.51. The summed E-state index contributed by atoms with van der Waals surface area (Å²) in [5.41, 5.74) is -0.892. The average Bonchev–Trinajstić information content (AvgIpc) is 2.60. The molecule has 0 aliphatic heterocycles. The summed E-state index contributed by atoms with van der Waals surface area (Å²) >= 11 is 0. The Labute approximate surface area is 147 Å². The molecule has 0 radical (unpaired) electrons. The molecule has 0 saturated carbocycles. The van der Waals surface area contributed by atoms with E-state index in [0.717, 1.165) is 12.1 Å². The molecule has 1 aromatic heterocycles. The molecule has 0 aliphatic rings. The van der Waals surface area contributed by atoms with Crippen molar-refractivity contribution in [3.05, 3.63) is 47.7 Å². The van der Waals surface area contributed by atoms with Crippen LogP contribution in [0, 0.1) is 0 Å². The van der Waals surface area contributed by atoms with E-state index in [2.05, 4.69) is 4.98 Å². The molecule has 1 aromatic carbocycles. The average molecular weight is 367 g/mol. The highest BCUT2D eigenvalue weighted by Crippen LogP contribution is 2.32. The summed E-state index contributed by atoms with van der Waals surface area (Å²) in [5.74, 6) is -1.58. The fraction of sp³-hybridized carbons (Fsp3) is 0.278. The molecule has 0 unspecified atom stereocenters. The third-order valence-corrected chi connectivity index (χ3v) is 3.49. The van der Waals surface area contributed by atoms with Gasteiger partial charge in [0, 0.05) is 12.0 Å². The number of nitrogens with zero attached hydrogens (tertiary/aromatic N) is 1. The number of halogens is 3. The second-order valence-corrected chi connectivity index (χ2v) is 5.37. The van der Waals surface area contributed by atoms with E-state index in [-0.39, 0.29) is 36.4 Å². The monoisotopic (exact) mass is 367 g/mol. The van der Waals surface area contributed by atoms with E-state index in [4.69, 9.17) is 4.74 Å². The Kier molecular flexibility index (Phi) is 5.97. The molecular formula is C18H16F3NO4. The lowest BCUT2D eigenvalue weighted by atomic mass is 10.1. The normalized spacial score (nSPS) is 11.2. The van der Waals surface area contributed by atoms with E-state index in [1.165, 1.54) is 24.3 Å². The number of aromatic nitrogens is 1. The maximum Gasteiger partial charge on any atom is 0.416 e. The number of ketones is 1. The van der Waals surface area contributed by atoms with Gasteiger partial charge >= 0.3 is 12.1 Å². The standard InChI is InChI=1S/C18H16F3NO4/c1-2-26-16(25)9-8-15(24)17-14(23)7-6-13(22-17)11-4-3-5-12(10-11)18(19,20)21/h3-7,10,23H,2,8-9H2,1H3. The minimum absolute atomic E-state index is 0.105. The maximum absolute atomic E-state index is 12.8. The number of rotatable bonds is 6. The van der Waals surface area contributed by atoms with E-state index in [0.29, 0.717) is 0 Å². The summed E-state index contributed by atoms with van der Waals surface area (Å²) in [5, 5.41) is 9.83. The van der Waals surface area contributed by atoms with Crippen LogP contribution in [0.1, 0.15) is 35.8 Å². The van der Waals surface area contributed by atoms with Gasteiger partial charge in [0.25, 0.3) is 0 Å². The van der Waals surface area contributed by atoms with Gasteiger partial charge in [-0.2, -0.15) is 13.2 Å². The molecule has 138 valence electrons. The summed E-state index contributed by atoms with van der Waals surface area (Å²) in [6.07, 6.45) is -4.92. The Balaban J connectivity index is 2.27. The summed E-state index contributed by atoms with van der Waals surface area (Å²) in [4.78, 5) is 27.5. The van der Waals surface area contributed by atoms with Crippen LogP contribution in [0.25, 0.3) is 11.3 Å². The zero-order valence-electron chi connectivity index (χ0n) is 13.8. The van der Waals surface area contributed by atoms with Crippen LogP contribution < -0.4 is 0 Å². The van der Waals surface area contributed by atoms with Crippen LogP contribution >= 0.6 is 0 Å². The Morgan fingerprint density at radius 2 is 1.88 bits per heavy atom. The molecule has 2 rings (SSSR count). The highest BCUT2D eigenvalue weighted by Gasteiger charge is 2.30. The van der Waals surface area contributed by atoms with Crippen LogP contribution in [-0.2, 0) is 15.7 Å². The van der Waals surface area contributed by atoms with Gasteiger partial charge in [-0.3, -0.25) is 9.59 Å². The fourth-order valence-corrected chi connectivity index (χ4v) is 2.24. The van der Waals surface area contributed by atoms with Crippen molar-refractivity contribution in [2.24, 2.45) is 0 Å². The van der Waals surface area contributed by atoms with Gasteiger partial charge < -0.3 is 9.84 Å². The number of aromatic hydroxyl groups is 1. The third kappa shape index (κ3) is 4.81. The SMILES string of the molecule is CCOC(=O)CCC(=O)c1nc(-c2cccc(C(F)(F)F)c2)ccc1O. The second-order valence-electron chi connectivity index (χ2n) is 5.37. The number of esters is 1. The lowest BCUT2D eigenvalue weighted by Crippen LogP contribution is -2.09. The number of pyridine rings is 1. The first kappa shape index (κ1) is 19.4. The molecule has 5 nitrogen and oxygen atoms in total. The number of hydrogen-bond acceptors (Lipinski definition) is 5. The molecule has 8 heteroatoms. The van der Waals surface area contributed by atoms with Crippen molar-refractivity contribution in [3.63, 3.8) is 0 Å². The maximum atomic E-state index is 12.8. The molecule has 26 heavy (non-hydrogen) atoms. The minimum Gasteiger partial charge on any atom is -0.506 e. The lowest BCUT2D eigenvalue weighted by Gasteiger charge is -2.10. The number of benzene rings is 1. The molecule has 0 fully saturated rings. The first-order valence-corrected chi connectivity index (χ1v) is 7.79. The summed E-state index contributed by atoms with van der Waals surface area (Å²) in [6, 6.07) is 6.98. The Hall–Kier alpha value is -2.90. The van der Waals surface area contributed by atoms with E-state index < -0.39 is 29.2 Å². The highest BCUT2D eigenvalue weighted by atomic mass is 19.4. The van der Waals surface area contributed by atoms with Gasteiger partial charge in [-0.05, 0) is 31.2 Å². The number of carbonyl (C=O) groups is 2. The van der Waals surface area contributed by atoms with Gasteiger partial charge in [0.05, 0.1) is 24.3 Å². The van der Waals surface area contributed by atoms with E-state index in [1.54, 1.807) is 6.92 Å². The van der Waals surface area contributed by atoms with Crippen molar-refractivity contribution in [1.29, 1.82) is 0 Å². The van der Waals surface area contributed by atoms with E-state index in [1.807, 2.05) is 0 Å². The van der Waals surface area contributed by atoms with E-state index >= 15 is 0 Å². The molecule has 0 amide bonds. The van der Waals surface area contributed by atoms with Crippen LogP contribution in [0.2, 0.25) is 0 Å². The zero-order valence-corrected chi connectivity index (χ0v) is 13.8. The van der Waals surface area contributed by atoms with Crippen molar-refractivity contribution >= 4 is 11.8 Å². The number of hydrogen-bond donors (Lipinski definition) is 1. The van der Waals surface area contributed by atoms with Crippen molar-refractivity contribution < 1.29 is 32.6 Å². The first-order chi connectivity index (χ1) is 12.2. The second kappa shape index (κ2) is 7.99. The molecular weight excluding hydrogens is 351 g/mol. The van der Waals surface area contributed by atoms with E-state index in [9.17, 15) is 27.9 Å². The fourth-order valence-electron chi connectivity index (χ4n) is 2.24. The third-order valence-electron chi connectivity index (χ3n) is 3.49. The van der Waals surface area contributed by atoms with Crippen molar-refractivity contribution in [1.82, 2.24) is 4.98 Å². The largest absolute Gasteiger partial charge is 0.506 e. The lowest BCUT2D eigenvalue weighted by molar-refractivity contribution is -0.143. The molecule has 1 N–H and O–H groups in total. The van der Waals surface area contributed by atoms with Crippen molar-refractivity contribution in [3.8, 4) is 17.0 Å². The van der Waals surface area contributed by atoms with Gasteiger partial charge in [0.15, 0.2) is 5.78 Å². The highest BCUT2D eigenvalue weighted by molar-refractivity contribution is 5.98. The van der Waals surface area contributed by atoms with Gasteiger partial charge in [-0.15, -0.1) is 0 Å². The van der Waals surface area contributed by atoms with Crippen LogP contribution in [0.4, 0.5) is 13.2 Å². The molecule has 1 heterocycles. The quantitative estimate of drug-likeness (QED) is 0.617. The predicted octanol–water partition coefficient (Wildman–Crippen LogP) is 4.00. The number of Topliss-reactive ketones (excluding diaryl/α,β-unsaturated/α-hetero) is 1. The smallest absolute Gasteiger partial charge is 0.416 e.